The van der Waals surface area contributed by atoms with E-state index in [1.165, 1.54) is 16.2 Å². The fourth-order valence-corrected chi connectivity index (χ4v) is 4.77. The van der Waals surface area contributed by atoms with Crippen molar-refractivity contribution in [3.8, 4) is 11.3 Å². The standard InChI is InChI=1S/C22H23N7S/c1-13-8-19(27-26-13)25-22-24-18(10-20-23-14(2)11-29(20)22)16-6-5-7-17(9-16)21-15(3)28(4)12-30-21/h5-11H,12H2,1-4H3,(H2,24,25,26,27). The molecule has 0 fully saturated rings. The maximum Gasteiger partial charge on any atom is 0.215 e. The lowest BCUT2D eigenvalue weighted by atomic mass is 10.1. The van der Waals surface area contributed by atoms with Crippen LogP contribution in [0, 0.1) is 13.8 Å². The highest BCUT2D eigenvalue weighted by Gasteiger charge is 2.19. The van der Waals surface area contributed by atoms with Crippen LogP contribution in [0.5, 0.6) is 0 Å². The van der Waals surface area contributed by atoms with E-state index in [9.17, 15) is 0 Å². The van der Waals surface area contributed by atoms with Gasteiger partial charge in [0.2, 0.25) is 5.95 Å². The van der Waals surface area contributed by atoms with Crippen LogP contribution in [-0.2, 0) is 0 Å². The Hall–Kier alpha value is -3.26. The molecule has 0 spiro atoms. The van der Waals surface area contributed by atoms with Crippen LogP contribution in [0.25, 0.3) is 21.8 Å². The molecule has 30 heavy (non-hydrogen) atoms. The fraction of sp³-hybridized carbons (Fsp3) is 0.227. The van der Waals surface area contributed by atoms with Gasteiger partial charge >= 0.3 is 0 Å². The Labute approximate surface area is 179 Å². The van der Waals surface area contributed by atoms with Gasteiger partial charge in [0.1, 0.15) is 5.65 Å². The molecule has 0 aliphatic carbocycles. The van der Waals surface area contributed by atoms with Crippen LogP contribution in [0.4, 0.5) is 11.8 Å². The zero-order valence-corrected chi connectivity index (χ0v) is 18.2. The van der Waals surface area contributed by atoms with Crippen LogP contribution < -0.4 is 5.32 Å². The number of fused-ring (bicyclic) bond motifs is 1. The molecule has 1 aromatic carbocycles. The summed E-state index contributed by atoms with van der Waals surface area (Å²) in [4.78, 5) is 13.2. The van der Waals surface area contributed by atoms with Gasteiger partial charge in [0.15, 0.2) is 5.82 Å². The van der Waals surface area contributed by atoms with E-state index >= 15 is 0 Å². The van der Waals surface area contributed by atoms with Crippen LogP contribution in [-0.4, -0.2) is 42.4 Å². The molecule has 0 bridgehead atoms. The minimum atomic E-state index is 0.686. The van der Waals surface area contributed by atoms with E-state index in [0.29, 0.717) is 5.95 Å². The Morgan fingerprint density at radius 3 is 2.63 bits per heavy atom. The summed E-state index contributed by atoms with van der Waals surface area (Å²) < 4.78 is 1.96. The fourth-order valence-electron chi connectivity index (χ4n) is 3.59. The van der Waals surface area contributed by atoms with Gasteiger partial charge < -0.3 is 10.2 Å². The minimum absolute atomic E-state index is 0.686. The van der Waals surface area contributed by atoms with Crippen molar-refractivity contribution in [3.05, 3.63) is 65.2 Å². The van der Waals surface area contributed by atoms with Gasteiger partial charge in [-0.05, 0) is 32.4 Å². The average Bonchev–Trinajstić information content (AvgIpc) is 3.41. The lowest BCUT2D eigenvalue weighted by molar-refractivity contribution is 0.506. The molecule has 4 heterocycles. The molecule has 152 valence electrons. The van der Waals surface area contributed by atoms with E-state index in [4.69, 9.17) is 4.98 Å². The Bertz CT molecular complexity index is 1280. The van der Waals surface area contributed by atoms with Crippen molar-refractivity contribution in [1.29, 1.82) is 0 Å². The predicted octanol–water partition coefficient (Wildman–Crippen LogP) is 4.80. The summed E-state index contributed by atoms with van der Waals surface area (Å²) in [7, 11) is 2.13. The molecule has 7 nitrogen and oxygen atoms in total. The van der Waals surface area contributed by atoms with Crippen LogP contribution in [0.15, 0.2) is 48.3 Å². The number of anilines is 2. The molecule has 1 aliphatic rings. The van der Waals surface area contributed by atoms with Crippen molar-refractivity contribution in [2.24, 2.45) is 0 Å². The smallest absolute Gasteiger partial charge is 0.215 e. The zero-order chi connectivity index (χ0) is 20.8. The number of thioether (sulfide) groups is 1. The third-order valence-corrected chi connectivity index (χ3v) is 6.58. The first kappa shape index (κ1) is 18.7. The van der Waals surface area contributed by atoms with Gasteiger partial charge in [-0.25, -0.2) is 9.97 Å². The van der Waals surface area contributed by atoms with E-state index < -0.39 is 0 Å². The SMILES string of the molecule is CC1=C(c2cccc(-c3cc4nc(C)cn4c(Nc4cc(C)[nH]n4)n3)c2)SCN1C. The zero-order valence-electron chi connectivity index (χ0n) is 17.4. The second-order valence-corrected chi connectivity index (χ2v) is 8.56. The third-order valence-electron chi connectivity index (χ3n) is 5.24. The van der Waals surface area contributed by atoms with Gasteiger partial charge in [-0.1, -0.05) is 18.2 Å². The molecule has 0 saturated heterocycles. The number of hydrogen-bond donors (Lipinski definition) is 2. The number of rotatable bonds is 4. The van der Waals surface area contributed by atoms with Crippen LogP contribution >= 0.6 is 11.8 Å². The molecule has 0 saturated carbocycles. The maximum atomic E-state index is 4.92. The van der Waals surface area contributed by atoms with Gasteiger partial charge in [0.25, 0.3) is 0 Å². The van der Waals surface area contributed by atoms with Gasteiger partial charge in [-0.15, -0.1) is 11.8 Å². The van der Waals surface area contributed by atoms with Crippen molar-refractivity contribution in [2.75, 3.05) is 18.2 Å². The number of nitrogens with zero attached hydrogens (tertiary/aromatic N) is 5. The summed E-state index contributed by atoms with van der Waals surface area (Å²) in [6.07, 6.45) is 1.98. The number of aromatic nitrogens is 5. The summed E-state index contributed by atoms with van der Waals surface area (Å²) in [5.74, 6) is 2.40. The third kappa shape index (κ3) is 3.33. The van der Waals surface area contributed by atoms with Crippen molar-refractivity contribution in [3.63, 3.8) is 0 Å². The number of allylic oxidation sites excluding steroid dienone is 1. The van der Waals surface area contributed by atoms with E-state index in [1.54, 1.807) is 0 Å². The summed E-state index contributed by atoms with van der Waals surface area (Å²) >= 11 is 1.87. The molecule has 0 radical (unpaired) electrons. The van der Waals surface area contributed by atoms with Crippen molar-refractivity contribution < 1.29 is 0 Å². The van der Waals surface area contributed by atoms with E-state index in [2.05, 4.69) is 63.6 Å². The Kier molecular flexibility index (Phi) is 4.51. The molecule has 4 aromatic rings. The lowest BCUT2D eigenvalue weighted by Gasteiger charge is -2.11. The van der Waals surface area contributed by atoms with Gasteiger partial charge in [-0.2, -0.15) is 5.10 Å². The number of imidazole rings is 1. The molecule has 0 amide bonds. The summed E-state index contributed by atoms with van der Waals surface area (Å²) in [6.45, 7) is 6.13. The number of benzene rings is 1. The Morgan fingerprint density at radius 1 is 1.07 bits per heavy atom. The highest BCUT2D eigenvalue weighted by Crippen LogP contribution is 2.39. The molecule has 0 atom stereocenters. The molecule has 1 aliphatic heterocycles. The summed E-state index contributed by atoms with van der Waals surface area (Å²) in [5, 5.41) is 10.6. The van der Waals surface area contributed by atoms with Crippen LogP contribution in [0.2, 0.25) is 0 Å². The van der Waals surface area contributed by atoms with Crippen LogP contribution in [0.1, 0.15) is 23.9 Å². The van der Waals surface area contributed by atoms with Crippen molar-refractivity contribution in [2.45, 2.75) is 20.8 Å². The average molecular weight is 418 g/mol. The van der Waals surface area contributed by atoms with Crippen molar-refractivity contribution >= 4 is 34.1 Å². The molecule has 3 aromatic heterocycles. The number of aryl methyl sites for hydroxylation is 2. The first-order chi connectivity index (χ1) is 14.5. The molecular weight excluding hydrogens is 394 g/mol. The van der Waals surface area contributed by atoms with Gasteiger partial charge in [-0.3, -0.25) is 9.50 Å². The van der Waals surface area contributed by atoms with Gasteiger partial charge in [0.05, 0.1) is 17.3 Å². The summed E-state index contributed by atoms with van der Waals surface area (Å²) in [5.41, 5.74) is 7.24. The summed E-state index contributed by atoms with van der Waals surface area (Å²) in [6, 6.07) is 12.5. The largest absolute Gasteiger partial charge is 0.368 e. The quantitative estimate of drug-likeness (QED) is 0.497. The van der Waals surface area contributed by atoms with Gasteiger partial charge in [0, 0.05) is 47.2 Å². The molecule has 0 unspecified atom stereocenters. The molecule has 8 heteroatoms. The molecule has 2 N–H and O–H groups in total. The van der Waals surface area contributed by atoms with E-state index in [0.717, 1.165) is 40.0 Å². The first-order valence-electron chi connectivity index (χ1n) is 9.79. The highest BCUT2D eigenvalue weighted by molar-refractivity contribution is 8.08. The van der Waals surface area contributed by atoms with Crippen molar-refractivity contribution in [1.82, 2.24) is 29.5 Å². The topological polar surface area (TPSA) is 74.1 Å². The second kappa shape index (κ2) is 7.21. The monoisotopic (exact) mass is 417 g/mol. The molecule has 5 rings (SSSR count). The van der Waals surface area contributed by atoms with Crippen LogP contribution in [0.3, 0.4) is 0 Å². The Morgan fingerprint density at radius 2 is 1.90 bits per heavy atom. The minimum Gasteiger partial charge on any atom is -0.368 e. The lowest BCUT2D eigenvalue weighted by Crippen LogP contribution is -2.09. The normalized spacial score (nSPS) is 14.2. The maximum absolute atomic E-state index is 4.92. The number of hydrogen-bond acceptors (Lipinski definition) is 6. The van der Waals surface area contributed by atoms with E-state index in [1.807, 2.05) is 48.3 Å². The van der Waals surface area contributed by atoms with E-state index in [-0.39, 0.29) is 0 Å². The number of aromatic amines is 1. The highest BCUT2D eigenvalue weighted by atomic mass is 32.2. The second-order valence-electron chi connectivity index (χ2n) is 7.60. The Balaban J connectivity index is 1.60. The first-order valence-corrected chi connectivity index (χ1v) is 10.8. The number of nitrogens with one attached hydrogen (secondary N) is 2. The molecular formula is C22H23N7S. The number of H-pyrrole nitrogens is 1. The predicted molar refractivity (Wildman–Crippen MR) is 123 cm³/mol.